The fourth-order valence-corrected chi connectivity index (χ4v) is 4.54. The van der Waals surface area contributed by atoms with E-state index in [0.29, 0.717) is 12.2 Å². The van der Waals surface area contributed by atoms with Crippen LogP contribution in [0.5, 0.6) is 0 Å². The molecule has 3 rings (SSSR count). The monoisotopic (exact) mass is 295 g/mol. The summed E-state index contributed by atoms with van der Waals surface area (Å²) in [6, 6.07) is 0.725. The van der Waals surface area contributed by atoms with Crippen molar-refractivity contribution in [2.24, 2.45) is 0 Å². The Morgan fingerprint density at radius 1 is 1.00 bits per heavy atom. The molecule has 1 heterocycles. The van der Waals surface area contributed by atoms with E-state index in [4.69, 9.17) is 9.47 Å². The third-order valence-electron chi connectivity index (χ3n) is 5.79. The van der Waals surface area contributed by atoms with Crippen LogP contribution in [0.4, 0.5) is 0 Å². The third-order valence-corrected chi connectivity index (χ3v) is 5.79. The Morgan fingerprint density at radius 2 is 1.76 bits per heavy atom. The van der Waals surface area contributed by atoms with Gasteiger partial charge in [-0.15, -0.1) is 0 Å². The molecule has 3 nitrogen and oxygen atoms in total. The average Bonchev–Trinajstić information content (AvgIpc) is 2.90. The minimum atomic E-state index is 0.245. The summed E-state index contributed by atoms with van der Waals surface area (Å²) >= 11 is 0. The van der Waals surface area contributed by atoms with Gasteiger partial charge < -0.3 is 14.8 Å². The van der Waals surface area contributed by atoms with E-state index in [-0.39, 0.29) is 5.60 Å². The summed E-state index contributed by atoms with van der Waals surface area (Å²) in [6.45, 7) is 4.12. The molecule has 122 valence electrons. The third kappa shape index (κ3) is 4.20. The van der Waals surface area contributed by atoms with Gasteiger partial charge in [0.2, 0.25) is 0 Å². The second-order valence-electron chi connectivity index (χ2n) is 7.39. The van der Waals surface area contributed by atoms with E-state index in [0.717, 1.165) is 19.2 Å². The molecule has 0 bridgehead atoms. The Morgan fingerprint density at radius 3 is 2.48 bits per heavy atom. The summed E-state index contributed by atoms with van der Waals surface area (Å²) in [7, 11) is 0. The Balaban J connectivity index is 1.35. The molecule has 21 heavy (non-hydrogen) atoms. The van der Waals surface area contributed by atoms with Crippen molar-refractivity contribution in [1.82, 2.24) is 5.32 Å². The zero-order valence-corrected chi connectivity index (χ0v) is 13.7. The molecular weight excluding hydrogens is 262 g/mol. The van der Waals surface area contributed by atoms with Gasteiger partial charge in [0.25, 0.3) is 0 Å². The van der Waals surface area contributed by atoms with Crippen molar-refractivity contribution >= 4 is 0 Å². The van der Waals surface area contributed by atoms with E-state index < -0.39 is 0 Å². The lowest BCUT2D eigenvalue weighted by molar-refractivity contribution is -0.102. The Labute approximate surface area is 130 Å². The summed E-state index contributed by atoms with van der Waals surface area (Å²) in [6.07, 6.45) is 15.0. The molecule has 3 aliphatic rings. The van der Waals surface area contributed by atoms with Crippen LogP contribution >= 0.6 is 0 Å². The Bertz CT molecular complexity index is 306. The molecule has 2 aliphatic carbocycles. The van der Waals surface area contributed by atoms with Crippen molar-refractivity contribution in [3.8, 4) is 0 Å². The smallest absolute Gasteiger partial charge is 0.0817 e. The normalized spacial score (nSPS) is 36.1. The molecule has 3 fully saturated rings. The van der Waals surface area contributed by atoms with Crippen LogP contribution in [0.3, 0.4) is 0 Å². The van der Waals surface area contributed by atoms with E-state index in [1.54, 1.807) is 0 Å². The largest absolute Gasteiger partial charge is 0.376 e. The average molecular weight is 295 g/mol. The van der Waals surface area contributed by atoms with E-state index in [1.807, 2.05) is 0 Å². The van der Waals surface area contributed by atoms with Gasteiger partial charge in [0, 0.05) is 6.04 Å². The lowest BCUT2D eigenvalue weighted by atomic mass is 9.83. The van der Waals surface area contributed by atoms with Crippen molar-refractivity contribution < 1.29 is 9.47 Å². The Hall–Kier alpha value is -0.120. The minimum Gasteiger partial charge on any atom is -0.376 e. The van der Waals surface area contributed by atoms with Crippen LogP contribution in [0, 0.1) is 0 Å². The first-order valence-electron chi connectivity index (χ1n) is 9.32. The van der Waals surface area contributed by atoms with Crippen LogP contribution in [-0.2, 0) is 9.47 Å². The Kier molecular flexibility index (Phi) is 5.58. The van der Waals surface area contributed by atoms with Gasteiger partial charge in [0.05, 0.1) is 24.4 Å². The highest BCUT2D eigenvalue weighted by atomic mass is 16.6. The van der Waals surface area contributed by atoms with Crippen LogP contribution in [0.15, 0.2) is 0 Å². The fourth-order valence-electron chi connectivity index (χ4n) is 4.54. The molecule has 3 heteroatoms. The predicted octanol–water partition coefficient (Wildman–Crippen LogP) is 3.81. The molecule has 1 N–H and O–H groups in total. The number of hydrogen-bond donors (Lipinski definition) is 1. The highest BCUT2D eigenvalue weighted by Crippen LogP contribution is 2.42. The van der Waals surface area contributed by atoms with Gasteiger partial charge in [-0.25, -0.2) is 0 Å². The second-order valence-corrected chi connectivity index (χ2v) is 7.39. The molecule has 0 aromatic rings. The number of rotatable bonds is 5. The van der Waals surface area contributed by atoms with E-state index in [2.05, 4.69) is 12.2 Å². The van der Waals surface area contributed by atoms with Gasteiger partial charge in [-0.3, -0.25) is 0 Å². The summed E-state index contributed by atoms with van der Waals surface area (Å²) < 4.78 is 12.6. The number of hydrogen-bond acceptors (Lipinski definition) is 3. The molecule has 2 saturated carbocycles. The van der Waals surface area contributed by atoms with Gasteiger partial charge in [-0.05, 0) is 57.9 Å². The lowest BCUT2D eigenvalue weighted by Crippen LogP contribution is -2.36. The first-order chi connectivity index (χ1) is 10.3. The van der Waals surface area contributed by atoms with E-state index in [1.165, 1.54) is 70.6 Å². The number of ether oxygens (including phenoxy) is 2. The van der Waals surface area contributed by atoms with Crippen molar-refractivity contribution in [3.63, 3.8) is 0 Å². The lowest BCUT2D eigenvalue weighted by Gasteiger charge is -2.34. The second kappa shape index (κ2) is 7.43. The van der Waals surface area contributed by atoms with Crippen LogP contribution < -0.4 is 5.32 Å². The van der Waals surface area contributed by atoms with Gasteiger partial charge in [0.15, 0.2) is 0 Å². The molecule has 1 saturated heterocycles. The highest BCUT2D eigenvalue weighted by molar-refractivity contribution is 4.91. The zero-order chi connectivity index (χ0) is 14.5. The molecule has 0 aromatic heterocycles. The quantitative estimate of drug-likeness (QED) is 0.836. The van der Waals surface area contributed by atoms with Crippen molar-refractivity contribution in [2.75, 3.05) is 13.2 Å². The molecule has 1 spiro atoms. The van der Waals surface area contributed by atoms with Gasteiger partial charge in [0.1, 0.15) is 0 Å². The van der Waals surface area contributed by atoms with Crippen LogP contribution in [0.2, 0.25) is 0 Å². The SMILES string of the molecule is CCNC1CCC(OCC2CCC3(CCCCC3)O2)CC1. The molecule has 0 aromatic carbocycles. The maximum atomic E-state index is 6.40. The standard InChI is InChI=1S/C18H33NO2/c1-2-19-15-6-8-16(9-7-15)20-14-17-10-13-18(21-17)11-4-3-5-12-18/h15-17,19H,2-14H2,1H3. The van der Waals surface area contributed by atoms with Crippen molar-refractivity contribution in [2.45, 2.75) is 101 Å². The molecule has 0 radical (unpaired) electrons. The molecule has 1 aliphatic heterocycles. The van der Waals surface area contributed by atoms with Crippen LogP contribution in [0.25, 0.3) is 0 Å². The van der Waals surface area contributed by atoms with Crippen LogP contribution in [0.1, 0.15) is 77.6 Å². The molecular formula is C18H33NO2. The minimum absolute atomic E-state index is 0.245. The fraction of sp³-hybridized carbons (Fsp3) is 1.00. The summed E-state index contributed by atoms with van der Waals surface area (Å²) in [5.74, 6) is 0. The predicted molar refractivity (Wildman–Crippen MR) is 85.6 cm³/mol. The van der Waals surface area contributed by atoms with E-state index >= 15 is 0 Å². The zero-order valence-electron chi connectivity index (χ0n) is 13.7. The molecule has 1 atom stereocenters. The van der Waals surface area contributed by atoms with Crippen molar-refractivity contribution in [1.29, 1.82) is 0 Å². The maximum Gasteiger partial charge on any atom is 0.0817 e. The van der Waals surface area contributed by atoms with Gasteiger partial charge >= 0.3 is 0 Å². The van der Waals surface area contributed by atoms with Gasteiger partial charge in [-0.1, -0.05) is 26.2 Å². The molecule has 0 amide bonds. The first kappa shape index (κ1) is 15.8. The highest BCUT2D eigenvalue weighted by Gasteiger charge is 2.41. The summed E-state index contributed by atoms with van der Waals surface area (Å²) in [5.41, 5.74) is 0.245. The van der Waals surface area contributed by atoms with Crippen molar-refractivity contribution in [3.05, 3.63) is 0 Å². The first-order valence-corrected chi connectivity index (χ1v) is 9.32. The van der Waals surface area contributed by atoms with Crippen LogP contribution in [-0.4, -0.2) is 37.0 Å². The molecule has 1 unspecified atom stereocenters. The summed E-state index contributed by atoms with van der Waals surface area (Å²) in [5, 5.41) is 3.56. The number of nitrogens with one attached hydrogen (secondary N) is 1. The van der Waals surface area contributed by atoms with Gasteiger partial charge in [-0.2, -0.15) is 0 Å². The maximum absolute atomic E-state index is 6.40. The van der Waals surface area contributed by atoms with E-state index in [9.17, 15) is 0 Å². The summed E-state index contributed by atoms with van der Waals surface area (Å²) in [4.78, 5) is 0. The topological polar surface area (TPSA) is 30.5 Å².